The number of hydrogen-bond donors (Lipinski definition) is 2. The number of amides is 2. The molecule has 2 aromatic carbocycles. The monoisotopic (exact) mass is 459 g/mol. The van der Waals surface area contributed by atoms with E-state index in [1.165, 1.54) is 35.6 Å². The molecule has 8 heteroatoms. The van der Waals surface area contributed by atoms with Crippen LogP contribution >= 0.6 is 27.3 Å². The number of hydrazone groups is 1. The van der Waals surface area contributed by atoms with Gasteiger partial charge < -0.3 is 5.32 Å². The topological polar surface area (TPSA) is 70.6 Å². The maximum Gasteiger partial charge on any atom is 0.281 e. The van der Waals surface area contributed by atoms with Crippen LogP contribution in [0.25, 0.3) is 0 Å². The highest BCUT2D eigenvalue weighted by Crippen LogP contribution is 2.21. The molecule has 0 bridgehead atoms. The number of carbonyl (C=O) groups is 2. The number of halogens is 2. The minimum Gasteiger partial charge on any atom is -0.322 e. The fourth-order valence-corrected chi connectivity index (χ4v) is 3.62. The van der Waals surface area contributed by atoms with Crippen LogP contribution in [-0.2, 0) is 0 Å². The van der Waals surface area contributed by atoms with Gasteiger partial charge in [0.25, 0.3) is 11.8 Å². The Bertz CT molecular complexity index is 1060. The van der Waals surface area contributed by atoms with E-state index in [9.17, 15) is 14.0 Å². The van der Waals surface area contributed by atoms with Crippen LogP contribution in [0.1, 0.15) is 32.5 Å². The van der Waals surface area contributed by atoms with Crippen LogP contribution in [-0.4, -0.2) is 17.5 Å². The highest BCUT2D eigenvalue weighted by atomic mass is 79.9. The van der Waals surface area contributed by atoms with Gasteiger partial charge in [0, 0.05) is 11.3 Å². The first kappa shape index (κ1) is 19.9. The highest BCUT2D eigenvalue weighted by Gasteiger charge is 2.10. The molecule has 2 N–H and O–H groups in total. The summed E-state index contributed by atoms with van der Waals surface area (Å²) in [5.74, 6) is -1.19. The zero-order chi connectivity index (χ0) is 20.1. The second-order valence-corrected chi connectivity index (χ2v) is 8.25. The molecule has 1 heterocycles. The minimum absolute atomic E-state index is 0.227. The van der Waals surface area contributed by atoms with E-state index in [2.05, 4.69) is 31.8 Å². The molecule has 0 aliphatic rings. The van der Waals surface area contributed by atoms with Crippen LogP contribution < -0.4 is 10.7 Å². The first-order chi connectivity index (χ1) is 13.4. The van der Waals surface area contributed by atoms with E-state index >= 15 is 0 Å². The zero-order valence-corrected chi connectivity index (χ0v) is 17.1. The van der Waals surface area contributed by atoms with E-state index in [0.717, 1.165) is 9.35 Å². The Morgan fingerprint density at radius 2 is 1.75 bits per heavy atom. The van der Waals surface area contributed by atoms with Gasteiger partial charge in [-0.15, -0.1) is 11.3 Å². The lowest BCUT2D eigenvalue weighted by atomic mass is 10.1. The summed E-state index contributed by atoms with van der Waals surface area (Å²) in [6.07, 6.45) is 0. The molecule has 28 heavy (non-hydrogen) atoms. The van der Waals surface area contributed by atoms with Gasteiger partial charge in [0.15, 0.2) is 0 Å². The number of carbonyl (C=O) groups excluding carboxylic acids is 2. The average molecular weight is 460 g/mol. The molecular formula is C20H15BrFN3O2S. The second kappa shape index (κ2) is 8.90. The molecule has 0 spiro atoms. The smallest absolute Gasteiger partial charge is 0.281 e. The number of nitrogens with one attached hydrogen (secondary N) is 2. The molecule has 0 atom stereocenters. The molecule has 3 rings (SSSR count). The van der Waals surface area contributed by atoms with Crippen molar-refractivity contribution < 1.29 is 14.0 Å². The molecule has 0 aliphatic heterocycles. The summed E-state index contributed by atoms with van der Waals surface area (Å²) in [5.41, 5.74) is 4.58. The molecular weight excluding hydrogens is 445 g/mol. The van der Waals surface area contributed by atoms with Crippen molar-refractivity contribution in [3.05, 3.63) is 86.3 Å². The highest BCUT2D eigenvalue weighted by molar-refractivity contribution is 9.11. The van der Waals surface area contributed by atoms with Gasteiger partial charge in [-0.25, -0.2) is 9.82 Å². The molecule has 0 unspecified atom stereocenters. The molecule has 0 fully saturated rings. The van der Waals surface area contributed by atoms with Crippen molar-refractivity contribution in [2.75, 3.05) is 5.32 Å². The van der Waals surface area contributed by atoms with Gasteiger partial charge in [-0.2, -0.15) is 5.10 Å². The average Bonchev–Trinajstić information content (AvgIpc) is 3.12. The van der Waals surface area contributed by atoms with Gasteiger partial charge in [0.2, 0.25) is 0 Å². The number of hydrogen-bond acceptors (Lipinski definition) is 4. The number of anilines is 1. The molecule has 2 amide bonds. The van der Waals surface area contributed by atoms with E-state index in [1.807, 2.05) is 6.07 Å². The van der Waals surface area contributed by atoms with Gasteiger partial charge in [-0.05, 0) is 70.9 Å². The lowest BCUT2D eigenvalue weighted by Crippen LogP contribution is -2.18. The van der Waals surface area contributed by atoms with Crippen molar-refractivity contribution in [2.45, 2.75) is 6.92 Å². The summed E-state index contributed by atoms with van der Waals surface area (Å²) < 4.78 is 14.1. The molecule has 1 aromatic heterocycles. The van der Waals surface area contributed by atoms with Crippen molar-refractivity contribution in [3.63, 3.8) is 0 Å². The summed E-state index contributed by atoms with van der Waals surface area (Å²) >= 11 is 4.63. The molecule has 0 saturated heterocycles. The first-order valence-corrected chi connectivity index (χ1v) is 9.80. The Morgan fingerprint density at radius 3 is 2.46 bits per heavy atom. The van der Waals surface area contributed by atoms with Gasteiger partial charge in [0.1, 0.15) is 5.82 Å². The normalized spacial score (nSPS) is 11.2. The lowest BCUT2D eigenvalue weighted by molar-refractivity contribution is 0.0958. The summed E-state index contributed by atoms with van der Waals surface area (Å²) in [6, 6.07) is 16.0. The van der Waals surface area contributed by atoms with Gasteiger partial charge in [-0.1, -0.05) is 18.2 Å². The maximum atomic E-state index is 13.3. The standard InChI is InChI=1S/C20H15BrFN3O2S/c1-12(24-25-20(27)17-8-9-18(21)28-17)13-4-3-7-16(11-13)23-19(26)14-5-2-6-15(22)10-14/h2-11H,1H3,(H,23,26)(H,25,27). The molecule has 0 saturated carbocycles. The molecule has 0 radical (unpaired) electrons. The number of rotatable bonds is 5. The molecule has 3 aromatic rings. The van der Waals surface area contributed by atoms with E-state index < -0.39 is 11.7 Å². The Morgan fingerprint density at radius 1 is 1.00 bits per heavy atom. The largest absolute Gasteiger partial charge is 0.322 e. The predicted octanol–water partition coefficient (Wildman–Crippen LogP) is 5.06. The predicted molar refractivity (Wildman–Crippen MR) is 112 cm³/mol. The third-order valence-electron chi connectivity index (χ3n) is 3.75. The quantitative estimate of drug-likeness (QED) is 0.413. The summed E-state index contributed by atoms with van der Waals surface area (Å²) in [7, 11) is 0. The maximum absolute atomic E-state index is 13.3. The third kappa shape index (κ3) is 5.11. The van der Waals surface area contributed by atoms with E-state index in [4.69, 9.17) is 0 Å². The van der Waals surface area contributed by atoms with Crippen LogP contribution in [0.4, 0.5) is 10.1 Å². The summed E-state index contributed by atoms with van der Waals surface area (Å²) in [4.78, 5) is 24.9. The van der Waals surface area contributed by atoms with Crippen LogP contribution in [0.2, 0.25) is 0 Å². The Balaban J connectivity index is 1.69. The summed E-state index contributed by atoms with van der Waals surface area (Å²) in [5, 5.41) is 6.84. The van der Waals surface area contributed by atoms with Crippen molar-refractivity contribution in [1.82, 2.24) is 5.43 Å². The van der Waals surface area contributed by atoms with E-state index in [-0.39, 0.29) is 11.5 Å². The zero-order valence-electron chi connectivity index (χ0n) is 14.7. The third-order valence-corrected chi connectivity index (χ3v) is 5.37. The van der Waals surface area contributed by atoms with Crippen molar-refractivity contribution in [3.8, 4) is 0 Å². The SMILES string of the molecule is CC(=NNC(=O)c1ccc(Br)s1)c1cccc(NC(=O)c2cccc(F)c2)c1. The molecule has 0 aliphatic carbocycles. The number of benzene rings is 2. The van der Waals surface area contributed by atoms with Crippen LogP contribution in [0, 0.1) is 5.82 Å². The molecule has 5 nitrogen and oxygen atoms in total. The summed E-state index contributed by atoms with van der Waals surface area (Å²) in [6.45, 7) is 1.75. The van der Waals surface area contributed by atoms with Crippen molar-refractivity contribution >= 4 is 50.5 Å². The van der Waals surface area contributed by atoms with Gasteiger partial charge in [-0.3, -0.25) is 9.59 Å². The fourth-order valence-electron chi connectivity index (χ4n) is 2.35. The van der Waals surface area contributed by atoms with Crippen LogP contribution in [0.15, 0.2) is 69.6 Å². The first-order valence-electron chi connectivity index (χ1n) is 8.20. The van der Waals surface area contributed by atoms with Crippen molar-refractivity contribution in [1.29, 1.82) is 0 Å². The van der Waals surface area contributed by atoms with Gasteiger partial charge >= 0.3 is 0 Å². The van der Waals surface area contributed by atoms with E-state index in [0.29, 0.717) is 16.3 Å². The Labute approximate surface area is 173 Å². The minimum atomic E-state index is -0.474. The van der Waals surface area contributed by atoms with Crippen LogP contribution in [0.5, 0.6) is 0 Å². The Kier molecular flexibility index (Phi) is 6.33. The van der Waals surface area contributed by atoms with Crippen molar-refractivity contribution in [2.24, 2.45) is 5.10 Å². The van der Waals surface area contributed by atoms with E-state index in [1.54, 1.807) is 37.3 Å². The number of nitrogens with zero attached hydrogens (tertiary/aromatic N) is 1. The lowest BCUT2D eigenvalue weighted by Gasteiger charge is -2.08. The molecule has 142 valence electrons. The fraction of sp³-hybridized carbons (Fsp3) is 0.0500. The second-order valence-electron chi connectivity index (χ2n) is 5.79. The Hall–Kier alpha value is -2.84. The van der Waals surface area contributed by atoms with Gasteiger partial charge in [0.05, 0.1) is 14.4 Å². The number of thiophene rings is 1. The van der Waals surface area contributed by atoms with Crippen LogP contribution in [0.3, 0.4) is 0 Å².